The van der Waals surface area contributed by atoms with Crippen LogP contribution in [0.15, 0.2) is 12.1 Å². The van der Waals surface area contributed by atoms with E-state index < -0.39 is 5.60 Å². The van der Waals surface area contributed by atoms with Crippen LogP contribution in [0.1, 0.15) is 82.1 Å². The topological polar surface area (TPSA) is 55.8 Å². The van der Waals surface area contributed by atoms with Gasteiger partial charge in [-0.1, -0.05) is 27.2 Å². The molecular formula is C25H38O4. The predicted molar refractivity (Wildman–Crippen MR) is 116 cm³/mol. The summed E-state index contributed by atoms with van der Waals surface area (Å²) in [4.78, 5) is 13.5. The molecule has 0 spiro atoms. The van der Waals surface area contributed by atoms with E-state index in [-0.39, 0.29) is 22.5 Å². The fourth-order valence-electron chi connectivity index (χ4n) is 6.68. The zero-order valence-corrected chi connectivity index (χ0v) is 19.2. The summed E-state index contributed by atoms with van der Waals surface area (Å²) in [6.45, 7) is 10.9. The summed E-state index contributed by atoms with van der Waals surface area (Å²) in [5.41, 5.74) is 0.885. The fraction of sp³-hybridized carbons (Fsp3) is 0.720. The number of carbonyl (C=O) groups is 1. The lowest BCUT2D eigenvalue weighted by Crippen LogP contribution is -2.58. The van der Waals surface area contributed by atoms with Crippen LogP contribution in [-0.4, -0.2) is 30.7 Å². The normalized spacial score (nSPS) is 33.7. The Morgan fingerprint density at radius 2 is 1.79 bits per heavy atom. The van der Waals surface area contributed by atoms with Gasteiger partial charge in [-0.2, -0.15) is 0 Å². The van der Waals surface area contributed by atoms with Crippen molar-refractivity contribution in [1.29, 1.82) is 0 Å². The molecule has 0 radical (unpaired) electrons. The van der Waals surface area contributed by atoms with Gasteiger partial charge in [0.2, 0.25) is 0 Å². The zero-order chi connectivity index (χ0) is 21.6. The minimum atomic E-state index is -0.838. The summed E-state index contributed by atoms with van der Waals surface area (Å²) in [5.74, 6) is 1.55. The standard InChI is InChI=1S/C25H38O4/c1-16-13-17(22(29-7)19(14-16)28-6)18(26)15-21-24(4)11-8-10-23(2,3)20(24)9-12-25(21,5)27/h13-14,20-21,27H,8-12,15H2,1-7H3/t20?,21-,24+,25-/m1/s1. The lowest BCUT2D eigenvalue weighted by molar-refractivity contribution is -0.165. The fourth-order valence-corrected chi connectivity index (χ4v) is 6.68. The number of methoxy groups -OCH3 is 2. The number of carbonyl (C=O) groups excluding carboxylic acids is 1. The highest BCUT2D eigenvalue weighted by molar-refractivity contribution is 6.00. The summed E-state index contributed by atoms with van der Waals surface area (Å²) >= 11 is 0. The van der Waals surface area contributed by atoms with Crippen molar-refractivity contribution >= 4 is 5.78 Å². The number of rotatable bonds is 5. The average Bonchev–Trinajstić information content (AvgIpc) is 2.62. The van der Waals surface area contributed by atoms with Crippen LogP contribution >= 0.6 is 0 Å². The summed E-state index contributed by atoms with van der Waals surface area (Å²) < 4.78 is 11.0. The number of hydrogen-bond acceptors (Lipinski definition) is 4. The Bertz CT molecular complexity index is 779. The van der Waals surface area contributed by atoms with E-state index >= 15 is 0 Å². The van der Waals surface area contributed by atoms with E-state index in [9.17, 15) is 9.90 Å². The predicted octanol–water partition coefficient (Wildman–Crippen LogP) is 5.58. The molecule has 3 rings (SSSR count). The quantitative estimate of drug-likeness (QED) is 0.653. The number of ether oxygens (including phenoxy) is 2. The van der Waals surface area contributed by atoms with E-state index in [1.165, 1.54) is 6.42 Å². The van der Waals surface area contributed by atoms with Gasteiger partial charge in [-0.15, -0.1) is 0 Å². The van der Waals surface area contributed by atoms with Gasteiger partial charge in [0.15, 0.2) is 17.3 Å². The van der Waals surface area contributed by atoms with Gasteiger partial charge in [0.25, 0.3) is 0 Å². The molecule has 2 aliphatic carbocycles. The van der Waals surface area contributed by atoms with Gasteiger partial charge in [-0.05, 0) is 74.0 Å². The molecule has 29 heavy (non-hydrogen) atoms. The van der Waals surface area contributed by atoms with Crippen molar-refractivity contribution in [2.75, 3.05) is 14.2 Å². The molecule has 4 heteroatoms. The molecule has 2 fully saturated rings. The average molecular weight is 403 g/mol. The molecule has 162 valence electrons. The molecule has 2 aliphatic rings. The van der Waals surface area contributed by atoms with Crippen LogP contribution in [0.5, 0.6) is 11.5 Å². The van der Waals surface area contributed by atoms with Crippen LogP contribution in [0, 0.1) is 29.6 Å². The molecule has 1 unspecified atom stereocenters. The molecule has 1 N–H and O–H groups in total. The molecule has 0 aromatic heterocycles. The van der Waals surface area contributed by atoms with Crippen molar-refractivity contribution in [3.8, 4) is 11.5 Å². The maximum absolute atomic E-state index is 13.5. The number of aliphatic hydroxyl groups is 1. The van der Waals surface area contributed by atoms with Crippen molar-refractivity contribution < 1.29 is 19.4 Å². The first-order chi connectivity index (χ1) is 13.5. The molecule has 4 atom stereocenters. The SMILES string of the molecule is COc1cc(C)cc(C(=O)C[C@@H]2[C@@]3(C)CCCC(C)(C)C3CC[C@@]2(C)O)c1OC. The van der Waals surface area contributed by atoms with Crippen molar-refractivity contribution in [3.63, 3.8) is 0 Å². The smallest absolute Gasteiger partial charge is 0.171 e. The third-order valence-electron chi connectivity index (χ3n) is 8.07. The first kappa shape index (κ1) is 22.1. The second kappa shape index (κ2) is 7.61. The van der Waals surface area contributed by atoms with Gasteiger partial charge in [-0.3, -0.25) is 4.79 Å². The van der Waals surface area contributed by atoms with E-state index in [2.05, 4.69) is 20.8 Å². The van der Waals surface area contributed by atoms with Crippen molar-refractivity contribution in [2.24, 2.45) is 22.7 Å². The van der Waals surface area contributed by atoms with Crippen LogP contribution in [0.3, 0.4) is 0 Å². The molecular weight excluding hydrogens is 364 g/mol. The Kier molecular flexibility index (Phi) is 5.81. The van der Waals surface area contributed by atoms with Crippen molar-refractivity contribution in [1.82, 2.24) is 0 Å². The second-order valence-corrected chi connectivity index (χ2v) is 10.5. The molecule has 4 nitrogen and oxygen atoms in total. The van der Waals surface area contributed by atoms with Gasteiger partial charge in [-0.25, -0.2) is 0 Å². The van der Waals surface area contributed by atoms with Crippen molar-refractivity contribution in [3.05, 3.63) is 23.3 Å². The molecule has 2 saturated carbocycles. The van der Waals surface area contributed by atoms with Crippen LogP contribution in [0.2, 0.25) is 0 Å². The zero-order valence-electron chi connectivity index (χ0n) is 19.2. The highest BCUT2D eigenvalue weighted by Crippen LogP contribution is 2.62. The van der Waals surface area contributed by atoms with E-state index in [0.29, 0.717) is 29.4 Å². The molecule has 0 heterocycles. The van der Waals surface area contributed by atoms with E-state index in [0.717, 1.165) is 31.2 Å². The number of benzene rings is 1. The number of aryl methyl sites for hydroxylation is 1. The lowest BCUT2D eigenvalue weighted by Gasteiger charge is -2.61. The Balaban J connectivity index is 1.99. The van der Waals surface area contributed by atoms with Gasteiger partial charge in [0.1, 0.15) is 0 Å². The van der Waals surface area contributed by atoms with Gasteiger partial charge >= 0.3 is 0 Å². The van der Waals surface area contributed by atoms with Crippen LogP contribution in [-0.2, 0) is 0 Å². The third kappa shape index (κ3) is 3.81. The maximum Gasteiger partial charge on any atom is 0.171 e. The Morgan fingerprint density at radius 3 is 2.41 bits per heavy atom. The largest absolute Gasteiger partial charge is 0.493 e. The number of hydrogen-bond donors (Lipinski definition) is 1. The Morgan fingerprint density at radius 1 is 1.10 bits per heavy atom. The monoisotopic (exact) mass is 402 g/mol. The minimum Gasteiger partial charge on any atom is -0.493 e. The summed E-state index contributed by atoms with van der Waals surface area (Å²) in [6, 6.07) is 3.76. The molecule has 1 aromatic carbocycles. The highest BCUT2D eigenvalue weighted by atomic mass is 16.5. The molecule has 0 aliphatic heterocycles. The number of fused-ring (bicyclic) bond motifs is 1. The maximum atomic E-state index is 13.5. The molecule has 0 amide bonds. The van der Waals surface area contributed by atoms with Crippen LogP contribution in [0.4, 0.5) is 0 Å². The summed E-state index contributed by atoms with van der Waals surface area (Å²) in [5, 5.41) is 11.4. The first-order valence-electron chi connectivity index (χ1n) is 10.9. The second-order valence-electron chi connectivity index (χ2n) is 10.5. The van der Waals surface area contributed by atoms with E-state index in [1.807, 2.05) is 26.0 Å². The van der Waals surface area contributed by atoms with Crippen LogP contribution in [0.25, 0.3) is 0 Å². The number of Topliss-reactive ketones (excluding diaryl/α,β-unsaturated/α-hetero) is 1. The lowest BCUT2D eigenvalue weighted by atomic mass is 9.45. The summed E-state index contributed by atoms with van der Waals surface area (Å²) in [6.07, 6.45) is 5.57. The van der Waals surface area contributed by atoms with Gasteiger partial charge in [0.05, 0.1) is 25.4 Å². The van der Waals surface area contributed by atoms with Crippen LogP contribution < -0.4 is 9.47 Å². The summed E-state index contributed by atoms with van der Waals surface area (Å²) in [7, 11) is 3.16. The van der Waals surface area contributed by atoms with E-state index in [1.54, 1.807) is 14.2 Å². The van der Waals surface area contributed by atoms with Gasteiger partial charge in [0, 0.05) is 12.3 Å². The molecule has 1 aromatic rings. The van der Waals surface area contributed by atoms with Crippen molar-refractivity contribution in [2.45, 2.75) is 78.7 Å². The van der Waals surface area contributed by atoms with Gasteiger partial charge < -0.3 is 14.6 Å². The Hall–Kier alpha value is -1.55. The first-order valence-corrected chi connectivity index (χ1v) is 10.9. The minimum absolute atomic E-state index is 0.0272. The number of ketones is 1. The molecule has 0 bridgehead atoms. The third-order valence-corrected chi connectivity index (χ3v) is 8.07. The molecule has 0 saturated heterocycles. The van der Waals surface area contributed by atoms with E-state index in [4.69, 9.17) is 9.47 Å². The highest BCUT2D eigenvalue weighted by Gasteiger charge is 2.58. The Labute approximate surface area is 176 Å².